The Balaban J connectivity index is 0.00000486. The fraction of sp³-hybridized carbons (Fsp3) is 0.962. The molecule has 0 radical (unpaired) electrons. The molecule has 38 nitrogen and oxygen atoms in total. The molecule has 0 aromatic carbocycles. The Bertz CT molecular complexity index is 2150. The van der Waals surface area contributed by atoms with Crippen LogP contribution >= 0.6 is 0 Å². The van der Waals surface area contributed by atoms with Crippen molar-refractivity contribution < 1.29 is 184 Å². The van der Waals surface area contributed by atoms with Gasteiger partial charge in [-0.05, 0) is 13.3 Å². The normalized spacial score (nSPS) is 47.9. The lowest BCUT2D eigenvalue weighted by molar-refractivity contribution is -0.397. The second-order valence-corrected chi connectivity index (χ2v) is 22.5. The number of carbonyl (C=O) groups excluding carboxylic acids is 1. The zero-order chi connectivity index (χ0) is 66.3. The molecule has 7 saturated heterocycles. The smallest absolute Gasteiger partial charge is 0.364 e. The van der Waals surface area contributed by atoms with Gasteiger partial charge in [-0.3, -0.25) is 4.79 Å². The summed E-state index contributed by atoms with van der Waals surface area (Å²) in [7, 11) is 1.17. The average Bonchev–Trinajstić information content (AvgIpc) is 0.959. The fourth-order valence-corrected chi connectivity index (χ4v) is 11.7. The molecule has 35 atom stereocenters. The number of rotatable bonds is 24. The van der Waals surface area contributed by atoms with Crippen LogP contribution in [0.1, 0.15) is 47.5 Å². The fourth-order valence-electron chi connectivity index (χ4n) is 11.7. The maximum atomic E-state index is 13.1. The van der Waals surface area contributed by atoms with Gasteiger partial charge in [0.2, 0.25) is 5.91 Å². The zero-order valence-corrected chi connectivity index (χ0v) is 50.0. The molecule has 7 aliphatic heterocycles. The first kappa shape index (κ1) is 78.3. The van der Waals surface area contributed by atoms with Crippen molar-refractivity contribution in [3.63, 3.8) is 0 Å². The number of hydrogen-bond donors (Lipinski definition) is 21. The highest BCUT2D eigenvalue weighted by molar-refractivity contribution is 5.76. The van der Waals surface area contributed by atoms with Crippen LogP contribution in [0.4, 0.5) is 0 Å². The molecule has 0 bridgehead atoms. The van der Waals surface area contributed by atoms with Gasteiger partial charge in [0.25, 0.3) is 5.79 Å². The lowest BCUT2D eigenvalue weighted by Gasteiger charge is -2.51. The zero-order valence-electron chi connectivity index (χ0n) is 50.0. The molecule has 528 valence electrons. The Morgan fingerprint density at radius 2 is 0.967 bits per heavy atom. The number of hydrogen-bond acceptors (Lipinski definition) is 35. The van der Waals surface area contributed by atoms with Crippen LogP contribution in [0.2, 0.25) is 0 Å². The maximum absolute atomic E-state index is 13.1. The minimum Gasteiger partial charge on any atom is -0.477 e. The SMILES string of the molecule is CC.COC1C(CO)OC(OC2C(O)C(COC3OC(CO)C(O)C(O)C3O)OC(OC3C(CO)OC(OC4C(O)C(CO)OC(OC5C(C)OC(CO)C(O)C5OC5(C(=O)O)CC(O)C(C)C(C(O)CCO)O5)C4O)C(O)C3O)C2O)C(NC(C)=O)C1O.O. The highest BCUT2D eigenvalue weighted by Crippen LogP contribution is 2.42. The molecule has 1 amide bonds. The Kier molecular flexibility index (Phi) is 30.0. The van der Waals surface area contributed by atoms with Crippen molar-refractivity contribution in [1.82, 2.24) is 5.32 Å². The number of nitrogens with one attached hydrogen (secondary N) is 1. The summed E-state index contributed by atoms with van der Waals surface area (Å²) in [4.78, 5) is 25.5. The number of aliphatic carboxylic acids is 1. The van der Waals surface area contributed by atoms with E-state index in [1.165, 1.54) is 21.0 Å². The van der Waals surface area contributed by atoms with Gasteiger partial charge in [-0.15, -0.1) is 0 Å². The Hall–Kier alpha value is -2.42. The predicted molar refractivity (Wildman–Crippen MR) is 286 cm³/mol. The molecule has 7 rings (SSSR count). The number of carbonyl (C=O) groups is 2. The summed E-state index contributed by atoms with van der Waals surface area (Å²) < 4.78 is 81.2. The van der Waals surface area contributed by atoms with Crippen molar-refractivity contribution in [3.8, 4) is 0 Å². The van der Waals surface area contributed by atoms with E-state index in [2.05, 4.69) is 5.32 Å². The van der Waals surface area contributed by atoms with Crippen LogP contribution in [0.25, 0.3) is 0 Å². The Morgan fingerprint density at radius 3 is 1.51 bits per heavy atom. The van der Waals surface area contributed by atoms with Crippen LogP contribution in [0.15, 0.2) is 0 Å². The molecule has 23 N–H and O–H groups in total. The summed E-state index contributed by atoms with van der Waals surface area (Å²) in [6.07, 6.45) is -60.8. The van der Waals surface area contributed by atoms with Crippen molar-refractivity contribution in [3.05, 3.63) is 0 Å². The van der Waals surface area contributed by atoms with Crippen LogP contribution < -0.4 is 5.32 Å². The third-order valence-electron chi connectivity index (χ3n) is 16.7. The van der Waals surface area contributed by atoms with Crippen LogP contribution in [-0.2, 0) is 75.9 Å². The maximum Gasteiger partial charge on any atom is 0.364 e. The molecule has 0 spiro atoms. The first-order valence-corrected chi connectivity index (χ1v) is 29.2. The standard InChI is InChI=1S/C50H85NO36.C2H6.H2O/c1-14-18(60)7-50(49(72)73,86-37(14)17(59)5-6-52)87-43-28(63)20(9-54)76-15(2)38(43)82-47-35(70)41(27(62)21(10-55)78-47)85-46-34(69)32(67)40(23(12-57)80-46)83-48-36(71)42(84-44-25(51-16(3)58)30(65)39(74-4)22(11-56)79-44)29(64)24(81-48)13-75-45-33(68)31(66)26(61)19(8-53)77-45;1-2;/h14-15,17-48,52-57,59-71H,5-13H2,1-4H3,(H,51,58)(H,72,73);1-2H3;1H2. The van der Waals surface area contributed by atoms with E-state index in [0.29, 0.717) is 0 Å². The van der Waals surface area contributed by atoms with Gasteiger partial charge in [0.15, 0.2) is 31.5 Å². The minimum absolute atomic E-state index is 0. The van der Waals surface area contributed by atoms with Gasteiger partial charge in [0.1, 0.15) is 146 Å². The van der Waals surface area contributed by atoms with Crippen LogP contribution in [0.3, 0.4) is 0 Å². The summed E-state index contributed by atoms with van der Waals surface area (Å²) in [6, 6.07) is -1.55. The van der Waals surface area contributed by atoms with Crippen molar-refractivity contribution in [1.29, 1.82) is 0 Å². The van der Waals surface area contributed by atoms with Gasteiger partial charge in [-0.25, -0.2) is 4.79 Å². The van der Waals surface area contributed by atoms with Gasteiger partial charge in [0, 0.05) is 33.0 Å². The molecule has 0 aliphatic carbocycles. The highest BCUT2D eigenvalue weighted by atomic mass is 16.8. The summed E-state index contributed by atoms with van der Waals surface area (Å²) in [5.41, 5.74) is 0. The Morgan fingerprint density at radius 1 is 0.522 bits per heavy atom. The lowest BCUT2D eigenvalue weighted by atomic mass is 9.85. The minimum atomic E-state index is -2.88. The first-order valence-electron chi connectivity index (χ1n) is 29.2. The number of aliphatic hydroxyl groups excluding tert-OH is 19. The molecule has 7 heterocycles. The molecule has 7 fully saturated rings. The Labute approximate surface area is 514 Å². The molecule has 35 unspecified atom stereocenters. The quantitative estimate of drug-likeness (QED) is 0.0427. The van der Waals surface area contributed by atoms with Crippen LogP contribution in [-0.4, -0.2) is 381 Å². The third-order valence-corrected chi connectivity index (χ3v) is 16.7. The number of aliphatic hydroxyl groups is 19. The van der Waals surface area contributed by atoms with Crippen LogP contribution in [0, 0.1) is 5.92 Å². The van der Waals surface area contributed by atoms with E-state index in [0.717, 1.165) is 6.92 Å². The molecular weight excluding hydrogens is 1230 g/mol. The van der Waals surface area contributed by atoms with E-state index in [9.17, 15) is 112 Å². The number of methoxy groups -OCH3 is 1. The van der Waals surface area contributed by atoms with Crippen LogP contribution in [0.5, 0.6) is 0 Å². The van der Waals surface area contributed by atoms with Gasteiger partial charge in [-0.2, -0.15) is 0 Å². The third kappa shape index (κ3) is 16.9. The monoisotopic (exact) mass is 1320 g/mol. The molecule has 0 aromatic rings. The lowest BCUT2D eigenvalue weighted by Crippen LogP contribution is -2.69. The summed E-state index contributed by atoms with van der Waals surface area (Å²) >= 11 is 0. The van der Waals surface area contributed by atoms with Crippen molar-refractivity contribution >= 4 is 11.9 Å². The molecule has 38 heteroatoms. The number of amides is 1. The molecule has 0 aromatic heterocycles. The second kappa shape index (κ2) is 34.5. The van der Waals surface area contributed by atoms with Gasteiger partial charge < -0.3 is 179 Å². The molecule has 7 aliphatic rings. The number of carboxylic acids is 1. The molecular formula is C52H93NO37. The first-order chi connectivity index (χ1) is 42.1. The largest absolute Gasteiger partial charge is 0.477 e. The number of ether oxygens (including phenoxy) is 14. The topological polar surface area (TPSA) is 611 Å². The van der Waals surface area contributed by atoms with E-state index < -0.39 is 279 Å². The van der Waals surface area contributed by atoms with E-state index in [1.54, 1.807) is 0 Å². The highest BCUT2D eigenvalue weighted by Gasteiger charge is 2.61. The van der Waals surface area contributed by atoms with Crippen molar-refractivity contribution in [2.45, 2.75) is 256 Å². The molecule has 90 heavy (non-hydrogen) atoms. The summed E-state index contributed by atoms with van der Waals surface area (Å²) in [5, 5.41) is 220. The average molecular weight is 1320 g/mol. The predicted octanol–water partition coefficient (Wildman–Crippen LogP) is -12.7. The van der Waals surface area contributed by atoms with Crippen molar-refractivity contribution in [2.24, 2.45) is 5.92 Å². The van der Waals surface area contributed by atoms with E-state index in [1.807, 2.05) is 13.8 Å². The summed E-state index contributed by atoms with van der Waals surface area (Å²) in [5.74, 6) is -6.41. The summed E-state index contributed by atoms with van der Waals surface area (Å²) in [6.45, 7) is 1.61. The second-order valence-electron chi connectivity index (χ2n) is 22.5. The van der Waals surface area contributed by atoms with E-state index in [-0.39, 0.29) is 11.9 Å². The van der Waals surface area contributed by atoms with E-state index in [4.69, 9.17) is 66.3 Å². The van der Waals surface area contributed by atoms with E-state index >= 15 is 0 Å². The van der Waals surface area contributed by atoms with Crippen molar-refractivity contribution in [2.75, 3.05) is 53.4 Å². The van der Waals surface area contributed by atoms with Gasteiger partial charge in [0.05, 0.1) is 64.1 Å². The van der Waals surface area contributed by atoms with Gasteiger partial charge >= 0.3 is 5.97 Å². The number of carboxylic acid groups (broad SMARTS) is 1. The van der Waals surface area contributed by atoms with Gasteiger partial charge in [-0.1, -0.05) is 20.8 Å². The molecule has 0 saturated carbocycles.